The van der Waals surface area contributed by atoms with E-state index in [4.69, 9.17) is 9.05 Å². The fraction of sp³-hybridized carbons (Fsp3) is 0.667. The van der Waals surface area contributed by atoms with Gasteiger partial charge in [-0.25, -0.2) is 9.05 Å². The summed E-state index contributed by atoms with van der Waals surface area (Å²) in [5.74, 6) is 1.46. The van der Waals surface area contributed by atoms with Crippen molar-refractivity contribution in [1.82, 2.24) is 0 Å². The molecule has 0 fully saturated rings. The third kappa shape index (κ3) is 6.62. The Labute approximate surface area is 99.5 Å². The molecule has 0 heterocycles. The zero-order valence-corrected chi connectivity index (χ0v) is 11.5. The maximum Gasteiger partial charge on any atom is 0.804 e. The SMILES string of the molecule is CC/C=C(\CC)O[P+](=O)O/C(=C/CC)CC. The molecule has 16 heavy (non-hydrogen) atoms. The first-order valence-electron chi connectivity index (χ1n) is 5.89. The van der Waals surface area contributed by atoms with E-state index in [2.05, 4.69) is 0 Å². The lowest BCUT2D eigenvalue weighted by molar-refractivity contribution is 0.303. The Morgan fingerprint density at radius 3 is 1.56 bits per heavy atom. The highest BCUT2D eigenvalue weighted by molar-refractivity contribution is 7.33. The van der Waals surface area contributed by atoms with Gasteiger partial charge in [0.1, 0.15) is 0 Å². The van der Waals surface area contributed by atoms with E-state index in [9.17, 15) is 4.57 Å². The van der Waals surface area contributed by atoms with E-state index in [0.29, 0.717) is 0 Å². The lowest BCUT2D eigenvalue weighted by Crippen LogP contribution is -1.87. The van der Waals surface area contributed by atoms with Crippen LogP contribution in [0.15, 0.2) is 23.7 Å². The summed E-state index contributed by atoms with van der Waals surface area (Å²) in [5, 5.41) is 0. The molecule has 0 saturated heterocycles. The minimum Gasteiger partial charge on any atom is -0.227 e. The van der Waals surface area contributed by atoms with Crippen molar-refractivity contribution in [2.45, 2.75) is 53.4 Å². The molecule has 0 aromatic heterocycles. The summed E-state index contributed by atoms with van der Waals surface area (Å²) < 4.78 is 22.0. The molecule has 0 amide bonds. The Bertz CT molecular complexity index is 243. The van der Waals surface area contributed by atoms with E-state index in [1.807, 2.05) is 39.8 Å². The monoisotopic (exact) mass is 245 g/mol. The summed E-state index contributed by atoms with van der Waals surface area (Å²) in [4.78, 5) is 0. The van der Waals surface area contributed by atoms with Crippen molar-refractivity contribution in [3.05, 3.63) is 23.7 Å². The van der Waals surface area contributed by atoms with Gasteiger partial charge in [-0.15, -0.1) is 0 Å². The molecule has 0 N–H and O–H groups in total. The highest BCUT2D eigenvalue weighted by Crippen LogP contribution is 2.33. The first kappa shape index (κ1) is 15.2. The fourth-order valence-corrected chi connectivity index (χ4v) is 1.99. The van der Waals surface area contributed by atoms with Crippen molar-refractivity contribution in [2.75, 3.05) is 0 Å². The van der Waals surface area contributed by atoms with Gasteiger partial charge in [0.05, 0.1) is 0 Å². The molecule has 0 rings (SSSR count). The lowest BCUT2D eigenvalue weighted by Gasteiger charge is -1.97. The summed E-state index contributed by atoms with van der Waals surface area (Å²) in [7, 11) is -2.08. The summed E-state index contributed by atoms with van der Waals surface area (Å²) in [5.41, 5.74) is 0. The molecule has 0 atom stereocenters. The zero-order chi connectivity index (χ0) is 12.4. The van der Waals surface area contributed by atoms with Gasteiger partial charge in [-0.1, -0.05) is 27.7 Å². The average molecular weight is 245 g/mol. The molecule has 0 aromatic rings. The molecule has 0 aromatic carbocycles. The Morgan fingerprint density at radius 2 is 1.31 bits per heavy atom. The Morgan fingerprint density at radius 1 is 0.938 bits per heavy atom. The van der Waals surface area contributed by atoms with Crippen LogP contribution in [-0.2, 0) is 13.6 Å². The zero-order valence-electron chi connectivity index (χ0n) is 10.7. The number of rotatable bonds is 8. The molecule has 0 bridgehead atoms. The fourth-order valence-electron chi connectivity index (χ4n) is 1.16. The standard InChI is InChI=1S/C12H22O3P/c1-5-9-11(7-3)14-16(13)15-12(8-4)10-6-2/h9-10H,5-8H2,1-4H3/q+1/b11-9+,12-10+. The van der Waals surface area contributed by atoms with Crippen LogP contribution in [0, 0.1) is 0 Å². The van der Waals surface area contributed by atoms with Crippen LogP contribution < -0.4 is 0 Å². The van der Waals surface area contributed by atoms with Crippen molar-refractivity contribution < 1.29 is 13.6 Å². The second kappa shape index (κ2) is 9.41. The van der Waals surface area contributed by atoms with E-state index in [1.165, 1.54) is 0 Å². The van der Waals surface area contributed by atoms with Gasteiger partial charge >= 0.3 is 8.25 Å². The molecule has 4 heteroatoms. The van der Waals surface area contributed by atoms with Crippen molar-refractivity contribution in [3.8, 4) is 0 Å². The van der Waals surface area contributed by atoms with Gasteiger partial charge in [0.25, 0.3) is 0 Å². The maximum absolute atomic E-state index is 11.6. The molecule has 0 aliphatic heterocycles. The number of hydrogen-bond acceptors (Lipinski definition) is 3. The van der Waals surface area contributed by atoms with Gasteiger partial charge in [-0.05, 0) is 25.0 Å². The molecule has 0 spiro atoms. The third-order valence-electron chi connectivity index (χ3n) is 1.94. The van der Waals surface area contributed by atoms with Crippen LogP contribution in [0.4, 0.5) is 0 Å². The Kier molecular flexibility index (Phi) is 8.93. The van der Waals surface area contributed by atoms with Gasteiger partial charge in [0.15, 0.2) is 11.5 Å². The van der Waals surface area contributed by atoms with Crippen LogP contribution in [0.2, 0.25) is 0 Å². The predicted octanol–water partition coefficient (Wildman–Crippen LogP) is 5.08. The summed E-state index contributed by atoms with van der Waals surface area (Å²) in [6.07, 6.45) is 7.06. The van der Waals surface area contributed by atoms with E-state index >= 15 is 0 Å². The topological polar surface area (TPSA) is 35.5 Å². The molecule has 0 aliphatic carbocycles. The first-order valence-corrected chi connectivity index (χ1v) is 6.98. The minimum absolute atomic E-state index is 0.732. The summed E-state index contributed by atoms with van der Waals surface area (Å²) in [6.45, 7) is 7.96. The van der Waals surface area contributed by atoms with Gasteiger partial charge in [-0.2, -0.15) is 0 Å². The van der Waals surface area contributed by atoms with Crippen molar-refractivity contribution in [3.63, 3.8) is 0 Å². The molecule has 0 saturated carbocycles. The smallest absolute Gasteiger partial charge is 0.227 e. The van der Waals surface area contributed by atoms with E-state index in [0.717, 1.165) is 37.2 Å². The second-order valence-corrected chi connectivity index (χ2v) is 4.08. The summed E-state index contributed by atoms with van der Waals surface area (Å²) >= 11 is 0. The van der Waals surface area contributed by atoms with Crippen LogP contribution >= 0.6 is 8.25 Å². The molecule has 3 nitrogen and oxygen atoms in total. The first-order chi connectivity index (χ1) is 7.67. The van der Waals surface area contributed by atoms with Crippen LogP contribution in [0.1, 0.15) is 53.4 Å². The third-order valence-corrected chi connectivity index (χ3v) is 2.71. The Balaban J connectivity index is 4.26. The van der Waals surface area contributed by atoms with Gasteiger partial charge < -0.3 is 0 Å². The molecule has 92 valence electrons. The average Bonchev–Trinajstić information content (AvgIpc) is 2.27. The summed E-state index contributed by atoms with van der Waals surface area (Å²) in [6, 6.07) is 0. The van der Waals surface area contributed by atoms with Crippen molar-refractivity contribution in [2.24, 2.45) is 0 Å². The number of allylic oxidation sites excluding steroid dienone is 4. The normalized spacial score (nSPS) is 13.6. The molecule has 0 radical (unpaired) electrons. The van der Waals surface area contributed by atoms with E-state index in [-0.39, 0.29) is 0 Å². The van der Waals surface area contributed by atoms with Crippen molar-refractivity contribution in [1.29, 1.82) is 0 Å². The lowest BCUT2D eigenvalue weighted by atomic mass is 10.3. The van der Waals surface area contributed by atoms with Gasteiger partial charge in [-0.3, -0.25) is 0 Å². The van der Waals surface area contributed by atoms with Crippen LogP contribution in [0.25, 0.3) is 0 Å². The van der Waals surface area contributed by atoms with Crippen molar-refractivity contribution >= 4 is 8.25 Å². The highest BCUT2D eigenvalue weighted by Gasteiger charge is 2.25. The second-order valence-electron chi connectivity index (χ2n) is 3.27. The van der Waals surface area contributed by atoms with E-state index < -0.39 is 8.25 Å². The maximum atomic E-state index is 11.6. The van der Waals surface area contributed by atoms with Crippen LogP contribution in [0.5, 0.6) is 0 Å². The molecule has 0 aliphatic rings. The molecular weight excluding hydrogens is 223 g/mol. The van der Waals surface area contributed by atoms with Gasteiger partial charge in [0.2, 0.25) is 0 Å². The minimum atomic E-state index is -2.08. The van der Waals surface area contributed by atoms with E-state index in [1.54, 1.807) is 0 Å². The predicted molar refractivity (Wildman–Crippen MR) is 67.1 cm³/mol. The quantitative estimate of drug-likeness (QED) is 0.441. The van der Waals surface area contributed by atoms with Crippen LogP contribution in [-0.4, -0.2) is 0 Å². The van der Waals surface area contributed by atoms with Gasteiger partial charge in [0, 0.05) is 17.4 Å². The molecular formula is C12H22O3P+. The highest BCUT2D eigenvalue weighted by atomic mass is 31.1. The Hall–Kier alpha value is -0.820. The largest absolute Gasteiger partial charge is 0.804 e. The molecule has 0 unspecified atom stereocenters. The van der Waals surface area contributed by atoms with Crippen LogP contribution in [0.3, 0.4) is 0 Å². The number of hydrogen-bond donors (Lipinski definition) is 0.